The van der Waals surface area contributed by atoms with Crippen molar-refractivity contribution in [2.45, 2.75) is 100 Å². The number of rotatable bonds is 0. The Balaban J connectivity index is 0.000000122. The number of fused-ring (bicyclic) bond motifs is 6. The maximum absolute atomic E-state index is 6.02. The fourth-order valence-electron chi connectivity index (χ4n) is 9.24. The molecule has 4 aliphatic heterocycles. The van der Waals surface area contributed by atoms with Crippen LogP contribution in [0.25, 0.3) is 0 Å². The fraction of sp³-hybridized carbons (Fsp3) is 1.00. The standard InChI is InChI=1S/2C14H22O4/c2*1-3-11-12(13(5-1)15-7-8-16-13)4-2-6-14(11)17-9-10-18-14/h2*11-12H,1-10H2. The van der Waals surface area contributed by atoms with Gasteiger partial charge in [0, 0.05) is 49.4 Å². The Bertz CT molecular complexity index is 636. The lowest BCUT2D eigenvalue weighted by molar-refractivity contribution is -0.299. The monoisotopic (exact) mass is 508 g/mol. The van der Waals surface area contributed by atoms with E-state index in [-0.39, 0.29) is 23.1 Å². The van der Waals surface area contributed by atoms with Crippen LogP contribution in [0.4, 0.5) is 0 Å². The lowest BCUT2D eigenvalue weighted by atomic mass is 9.64. The third-order valence-electron chi connectivity index (χ3n) is 10.5. The zero-order valence-electron chi connectivity index (χ0n) is 21.7. The van der Waals surface area contributed by atoms with Crippen molar-refractivity contribution in [1.82, 2.24) is 0 Å². The van der Waals surface area contributed by atoms with E-state index in [1.54, 1.807) is 0 Å². The van der Waals surface area contributed by atoms with Crippen LogP contribution in [0.2, 0.25) is 0 Å². The van der Waals surface area contributed by atoms with Gasteiger partial charge in [0.25, 0.3) is 0 Å². The van der Waals surface area contributed by atoms with Crippen LogP contribution in [0.1, 0.15) is 77.0 Å². The van der Waals surface area contributed by atoms with Crippen molar-refractivity contribution in [2.24, 2.45) is 23.7 Å². The first-order chi connectivity index (χ1) is 17.7. The molecule has 8 fully saturated rings. The molecule has 36 heavy (non-hydrogen) atoms. The molecule has 4 saturated carbocycles. The first-order valence-corrected chi connectivity index (χ1v) is 14.8. The molecule has 204 valence electrons. The lowest BCUT2D eigenvalue weighted by Crippen LogP contribution is -2.56. The maximum Gasteiger partial charge on any atom is 0.171 e. The Hall–Kier alpha value is -0.320. The highest BCUT2D eigenvalue weighted by atomic mass is 16.8. The molecule has 0 N–H and O–H groups in total. The average molecular weight is 509 g/mol. The van der Waals surface area contributed by atoms with Gasteiger partial charge in [-0.15, -0.1) is 0 Å². The first kappa shape index (κ1) is 24.7. The first-order valence-electron chi connectivity index (χ1n) is 14.8. The van der Waals surface area contributed by atoms with Crippen molar-refractivity contribution in [1.29, 1.82) is 0 Å². The van der Waals surface area contributed by atoms with Gasteiger partial charge in [0.15, 0.2) is 23.1 Å². The summed E-state index contributed by atoms with van der Waals surface area (Å²) in [5.41, 5.74) is 0. The van der Waals surface area contributed by atoms with Gasteiger partial charge in [0.05, 0.1) is 52.9 Å². The van der Waals surface area contributed by atoms with Gasteiger partial charge < -0.3 is 37.9 Å². The summed E-state index contributed by atoms with van der Waals surface area (Å²) < 4.78 is 48.2. The van der Waals surface area contributed by atoms with Crippen molar-refractivity contribution >= 4 is 0 Å². The molecule has 8 nitrogen and oxygen atoms in total. The Labute approximate surface area is 214 Å². The summed E-state index contributed by atoms with van der Waals surface area (Å²) in [6, 6.07) is 0. The molecular weight excluding hydrogens is 464 g/mol. The Morgan fingerprint density at radius 1 is 0.306 bits per heavy atom. The van der Waals surface area contributed by atoms with Gasteiger partial charge in [-0.1, -0.05) is 0 Å². The zero-order valence-corrected chi connectivity index (χ0v) is 21.7. The highest BCUT2D eigenvalue weighted by Gasteiger charge is 2.61. The minimum Gasteiger partial charge on any atom is -0.347 e. The predicted molar refractivity (Wildman–Crippen MR) is 128 cm³/mol. The van der Waals surface area contributed by atoms with E-state index in [2.05, 4.69) is 0 Å². The minimum atomic E-state index is -0.314. The Kier molecular flexibility index (Phi) is 6.66. The molecule has 0 bridgehead atoms. The second-order valence-corrected chi connectivity index (χ2v) is 12.0. The number of ether oxygens (including phenoxy) is 8. The molecule has 4 saturated heterocycles. The van der Waals surface area contributed by atoms with E-state index in [4.69, 9.17) is 37.9 Å². The SMILES string of the molecule is C1CC2C(CCCC23OCCO3)C2(C1)OCCO2.C1CC2C(CCCC23OCCO3)C2(C1)OCCO2. The molecule has 4 spiro atoms. The summed E-state index contributed by atoms with van der Waals surface area (Å²) in [4.78, 5) is 0. The molecule has 0 aromatic heterocycles. The Morgan fingerprint density at radius 3 is 0.694 bits per heavy atom. The minimum absolute atomic E-state index is 0.314. The molecule has 0 aromatic carbocycles. The van der Waals surface area contributed by atoms with Gasteiger partial charge >= 0.3 is 0 Å². The normalized spacial score (nSPS) is 41.3. The van der Waals surface area contributed by atoms with Gasteiger partial charge in [0.1, 0.15) is 0 Å². The quantitative estimate of drug-likeness (QED) is 0.483. The van der Waals surface area contributed by atoms with Gasteiger partial charge in [0.2, 0.25) is 0 Å². The summed E-state index contributed by atoms with van der Waals surface area (Å²) in [5, 5.41) is 0. The second-order valence-electron chi connectivity index (χ2n) is 12.0. The van der Waals surface area contributed by atoms with Crippen molar-refractivity contribution in [3.8, 4) is 0 Å². The maximum atomic E-state index is 6.02. The van der Waals surface area contributed by atoms with E-state index in [1.807, 2.05) is 0 Å². The van der Waals surface area contributed by atoms with Crippen LogP contribution in [0.5, 0.6) is 0 Å². The molecule has 4 unspecified atom stereocenters. The van der Waals surface area contributed by atoms with Crippen LogP contribution < -0.4 is 0 Å². The molecule has 8 heteroatoms. The van der Waals surface area contributed by atoms with Crippen LogP contribution >= 0.6 is 0 Å². The molecule has 4 aliphatic carbocycles. The summed E-state index contributed by atoms with van der Waals surface area (Å²) in [7, 11) is 0. The number of hydrogen-bond donors (Lipinski definition) is 0. The van der Waals surface area contributed by atoms with Crippen molar-refractivity contribution < 1.29 is 37.9 Å². The van der Waals surface area contributed by atoms with Crippen LogP contribution in [-0.4, -0.2) is 76.0 Å². The molecule has 4 heterocycles. The van der Waals surface area contributed by atoms with Gasteiger partial charge in [-0.25, -0.2) is 0 Å². The third-order valence-corrected chi connectivity index (χ3v) is 10.5. The van der Waals surface area contributed by atoms with Crippen LogP contribution in [0.3, 0.4) is 0 Å². The molecule has 0 radical (unpaired) electrons. The van der Waals surface area contributed by atoms with Crippen molar-refractivity contribution in [3.63, 3.8) is 0 Å². The summed E-state index contributed by atoms with van der Waals surface area (Å²) in [6.07, 6.45) is 13.6. The van der Waals surface area contributed by atoms with E-state index < -0.39 is 0 Å². The summed E-state index contributed by atoms with van der Waals surface area (Å²) in [6.45, 7) is 5.98. The van der Waals surface area contributed by atoms with Gasteiger partial charge in [-0.2, -0.15) is 0 Å². The van der Waals surface area contributed by atoms with E-state index in [0.29, 0.717) is 23.7 Å². The van der Waals surface area contributed by atoms with Gasteiger partial charge in [-0.05, 0) is 51.4 Å². The van der Waals surface area contributed by atoms with Gasteiger partial charge in [-0.3, -0.25) is 0 Å². The van der Waals surface area contributed by atoms with E-state index in [0.717, 1.165) is 104 Å². The smallest absolute Gasteiger partial charge is 0.171 e. The second kappa shape index (κ2) is 9.70. The molecular formula is C28H44O8. The van der Waals surface area contributed by atoms with E-state index >= 15 is 0 Å². The van der Waals surface area contributed by atoms with Crippen molar-refractivity contribution in [2.75, 3.05) is 52.9 Å². The topological polar surface area (TPSA) is 73.8 Å². The Morgan fingerprint density at radius 2 is 0.500 bits per heavy atom. The fourth-order valence-corrected chi connectivity index (χ4v) is 9.24. The average Bonchev–Trinajstić information content (AvgIpc) is 3.72. The summed E-state index contributed by atoms with van der Waals surface area (Å²) >= 11 is 0. The summed E-state index contributed by atoms with van der Waals surface area (Å²) in [5.74, 6) is 0.580. The van der Waals surface area contributed by atoms with Crippen LogP contribution in [0, 0.1) is 23.7 Å². The van der Waals surface area contributed by atoms with E-state index in [9.17, 15) is 0 Å². The predicted octanol–water partition coefficient (Wildman–Crippen LogP) is 4.15. The number of hydrogen-bond acceptors (Lipinski definition) is 8. The van der Waals surface area contributed by atoms with Crippen LogP contribution in [0.15, 0.2) is 0 Å². The molecule has 4 atom stereocenters. The highest BCUT2D eigenvalue weighted by molar-refractivity contribution is 5.02. The molecule has 8 aliphatic rings. The molecule has 0 aromatic rings. The largest absolute Gasteiger partial charge is 0.347 e. The van der Waals surface area contributed by atoms with Crippen molar-refractivity contribution in [3.05, 3.63) is 0 Å². The third kappa shape index (κ3) is 3.93. The molecule has 0 amide bonds. The lowest BCUT2D eigenvalue weighted by Gasteiger charge is -2.52. The highest BCUT2D eigenvalue weighted by Crippen LogP contribution is 2.56. The van der Waals surface area contributed by atoms with Crippen LogP contribution in [-0.2, 0) is 37.9 Å². The van der Waals surface area contributed by atoms with E-state index in [1.165, 1.54) is 25.7 Å². The molecule has 8 rings (SSSR count). The zero-order chi connectivity index (χ0) is 24.1.